The van der Waals surface area contributed by atoms with E-state index in [1.54, 1.807) is 0 Å². The Labute approximate surface area is 108 Å². The van der Waals surface area contributed by atoms with Crippen LogP contribution >= 0.6 is 0 Å². The number of carbonyl (C=O) groups is 1. The van der Waals surface area contributed by atoms with Crippen LogP contribution in [0.25, 0.3) is 0 Å². The van der Waals surface area contributed by atoms with Crippen LogP contribution in [0, 0.1) is 0 Å². The largest absolute Gasteiger partial charge is 0.480 e. The molecule has 1 saturated heterocycles. The lowest BCUT2D eigenvalue weighted by atomic mass is 9.96. The normalized spacial score (nSPS) is 23.8. The Kier molecular flexibility index (Phi) is 3.71. The summed E-state index contributed by atoms with van der Waals surface area (Å²) in [5.41, 5.74) is 0.604. The van der Waals surface area contributed by atoms with Gasteiger partial charge in [0.25, 0.3) is 0 Å². The van der Waals surface area contributed by atoms with E-state index in [-0.39, 0.29) is 0 Å². The van der Waals surface area contributed by atoms with Gasteiger partial charge in [-0.1, -0.05) is 37.3 Å². The Bertz CT molecular complexity index is 418. The van der Waals surface area contributed by atoms with Crippen LogP contribution in [0.15, 0.2) is 30.3 Å². The van der Waals surface area contributed by atoms with Gasteiger partial charge in [0.2, 0.25) is 0 Å². The number of hydrogen-bond donors (Lipinski definition) is 1. The summed E-state index contributed by atoms with van der Waals surface area (Å²) < 4.78 is 0. The van der Waals surface area contributed by atoms with Gasteiger partial charge in [-0.3, -0.25) is 9.69 Å². The second-order valence-electron chi connectivity index (χ2n) is 5.27. The Balaban J connectivity index is 2.11. The van der Waals surface area contributed by atoms with Gasteiger partial charge in [-0.05, 0) is 37.8 Å². The maximum absolute atomic E-state index is 11.4. The minimum atomic E-state index is -0.719. The van der Waals surface area contributed by atoms with Crippen LogP contribution in [0.5, 0.6) is 0 Å². The maximum atomic E-state index is 11.4. The second kappa shape index (κ2) is 5.11. The van der Waals surface area contributed by atoms with Crippen LogP contribution in [0.1, 0.15) is 38.2 Å². The summed E-state index contributed by atoms with van der Waals surface area (Å²) in [6.45, 7) is 5.50. The molecule has 0 radical (unpaired) electrons. The molecule has 2 atom stereocenters. The fourth-order valence-electron chi connectivity index (χ4n) is 2.72. The molecule has 2 unspecified atom stereocenters. The van der Waals surface area contributed by atoms with Gasteiger partial charge < -0.3 is 5.11 Å². The van der Waals surface area contributed by atoms with Gasteiger partial charge in [0.05, 0.1) is 0 Å². The van der Waals surface area contributed by atoms with Crippen molar-refractivity contribution < 1.29 is 9.90 Å². The quantitative estimate of drug-likeness (QED) is 0.889. The number of nitrogens with zero attached hydrogens (tertiary/aromatic N) is 1. The molecule has 1 fully saturated rings. The van der Waals surface area contributed by atoms with Crippen molar-refractivity contribution in [2.24, 2.45) is 0 Å². The standard InChI is InChI=1S/C15H21NO2/c1-3-15(2,14(17)18)16-10-9-13(11-16)12-7-5-4-6-8-12/h4-8,13H,3,9-11H2,1-2H3,(H,17,18). The second-order valence-corrected chi connectivity index (χ2v) is 5.27. The number of likely N-dealkylation sites (tertiary alicyclic amines) is 1. The first-order chi connectivity index (χ1) is 8.58. The van der Waals surface area contributed by atoms with Crippen molar-refractivity contribution >= 4 is 5.97 Å². The molecule has 0 saturated carbocycles. The molecule has 3 heteroatoms. The van der Waals surface area contributed by atoms with E-state index in [0.29, 0.717) is 12.3 Å². The molecule has 98 valence electrons. The minimum absolute atomic E-state index is 0.469. The molecule has 2 rings (SSSR count). The molecule has 1 aliphatic heterocycles. The molecule has 0 amide bonds. The molecule has 0 aliphatic carbocycles. The first kappa shape index (κ1) is 13.1. The number of rotatable bonds is 4. The highest BCUT2D eigenvalue weighted by Crippen LogP contribution is 2.33. The molecule has 1 N–H and O–H groups in total. The zero-order chi connectivity index (χ0) is 13.2. The van der Waals surface area contributed by atoms with E-state index in [1.165, 1.54) is 5.56 Å². The average Bonchev–Trinajstić information content (AvgIpc) is 2.88. The summed E-state index contributed by atoms with van der Waals surface area (Å²) in [6.07, 6.45) is 1.69. The summed E-state index contributed by atoms with van der Waals surface area (Å²) >= 11 is 0. The minimum Gasteiger partial charge on any atom is -0.480 e. The van der Waals surface area contributed by atoms with Gasteiger partial charge >= 0.3 is 5.97 Å². The molecule has 1 aromatic rings. The van der Waals surface area contributed by atoms with E-state index < -0.39 is 11.5 Å². The summed E-state index contributed by atoms with van der Waals surface area (Å²) in [5.74, 6) is -0.241. The number of carboxylic acids is 1. The summed E-state index contributed by atoms with van der Waals surface area (Å²) in [4.78, 5) is 13.6. The van der Waals surface area contributed by atoms with Crippen molar-refractivity contribution in [3.63, 3.8) is 0 Å². The fraction of sp³-hybridized carbons (Fsp3) is 0.533. The molecule has 0 bridgehead atoms. The van der Waals surface area contributed by atoms with E-state index in [2.05, 4.69) is 17.0 Å². The van der Waals surface area contributed by atoms with Crippen molar-refractivity contribution in [3.05, 3.63) is 35.9 Å². The molecule has 1 aliphatic rings. The highest BCUT2D eigenvalue weighted by Gasteiger charge is 2.41. The summed E-state index contributed by atoms with van der Waals surface area (Å²) in [7, 11) is 0. The predicted octanol–water partition coefficient (Wildman–Crippen LogP) is 2.73. The van der Waals surface area contributed by atoms with E-state index in [9.17, 15) is 9.90 Å². The predicted molar refractivity (Wildman–Crippen MR) is 71.7 cm³/mol. The third-order valence-electron chi connectivity index (χ3n) is 4.31. The lowest BCUT2D eigenvalue weighted by Crippen LogP contribution is -2.50. The number of carboxylic acid groups (broad SMARTS) is 1. The summed E-state index contributed by atoms with van der Waals surface area (Å²) in [6, 6.07) is 10.4. The Morgan fingerprint density at radius 1 is 1.44 bits per heavy atom. The molecular weight excluding hydrogens is 226 g/mol. The highest BCUT2D eigenvalue weighted by atomic mass is 16.4. The van der Waals surface area contributed by atoms with E-state index in [0.717, 1.165) is 19.5 Å². The van der Waals surface area contributed by atoms with Crippen LogP contribution in [-0.4, -0.2) is 34.6 Å². The first-order valence-electron chi connectivity index (χ1n) is 6.61. The zero-order valence-corrected chi connectivity index (χ0v) is 11.1. The zero-order valence-electron chi connectivity index (χ0n) is 11.1. The van der Waals surface area contributed by atoms with Gasteiger partial charge in [0.1, 0.15) is 5.54 Å². The van der Waals surface area contributed by atoms with E-state index >= 15 is 0 Å². The molecule has 3 nitrogen and oxygen atoms in total. The lowest BCUT2D eigenvalue weighted by Gasteiger charge is -2.34. The van der Waals surface area contributed by atoms with Gasteiger partial charge in [0, 0.05) is 6.54 Å². The number of benzene rings is 1. The van der Waals surface area contributed by atoms with Crippen molar-refractivity contribution in [2.75, 3.05) is 13.1 Å². The molecule has 0 spiro atoms. The third kappa shape index (κ3) is 2.27. The van der Waals surface area contributed by atoms with Gasteiger partial charge in [0.15, 0.2) is 0 Å². The van der Waals surface area contributed by atoms with Crippen molar-refractivity contribution in [2.45, 2.75) is 38.1 Å². The Morgan fingerprint density at radius 2 is 2.11 bits per heavy atom. The lowest BCUT2D eigenvalue weighted by molar-refractivity contribution is -0.150. The van der Waals surface area contributed by atoms with Crippen LogP contribution in [0.2, 0.25) is 0 Å². The molecule has 0 aromatic heterocycles. The van der Waals surface area contributed by atoms with Crippen LogP contribution in [-0.2, 0) is 4.79 Å². The summed E-state index contributed by atoms with van der Waals surface area (Å²) in [5, 5.41) is 9.41. The monoisotopic (exact) mass is 247 g/mol. The SMILES string of the molecule is CCC(C)(C(=O)O)N1CCC(c2ccccc2)C1. The van der Waals surface area contributed by atoms with Crippen LogP contribution in [0.4, 0.5) is 0 Å². The van der Waals surface area contributed by atoms with E-state index in [4.69, 9.17) is 0 Å². The smallest absolute Gasteiger partial charge is 0.323 e. The van der Waals surface area contributed by atoms with Crippen molar-refractivity contribution in [1.29, 1.82) is 0 Å². The Hall–Kier alpha value is -1.35. The van der Waals surface area contributed by atoms with Gasteiger partial charge in [-0.25, -0.2) is 0 Å². The van der Waals surface area contributed by atoms with Crippen molar-refractivity contribution in [3.8, 4) is 0 Å². The van der Waals surface area contributed by atoms with Gasteiger partial charge in [-0.2, -0.15) is 0 Å². The van der Waals surface area contributed by atoms with Crippen molar-refractivity contribution in [1.82, 2.24) is 4.90 Å². The van der Waals surface area contributed by atoms with Crippen LogP contribution in [0.3, 0.4) is 0 Å². The number of hydrogen-bond acceptors (Lipinski definition) is 2. The Morgan fingerprint density at radius 3 is 2.67 bits per heavy atom. The molecule has 1 aromatic carbocycles. The fourth-order valence-corrected chi connectivity index (χ4v) is 2.72. The third-order valence-corrected chi connectivity index (χ3v) is 4.31. The average molecular weight is 247 g/mol. The van der Waals surface area contributed by atoms with Crippen LogP contribution < -0.4 is 0 Å². The topological polar surface area (TPSA) is 40.5 Å². The molecular formula is C15H21NO2. The van der Waals surface area contributed by atoms with E-state index in [1.807, 2.05) is 32.0 Å². The molecule has 18 heavy (non-hydrogen) atoms. The molecule has 1 heterocycles. The van der Waals surface area contributed by atoms with Gasteiger partial charge in [-0.15, -0.1) is 0 Å². The highest BCUT2D eigenvalue weighted by molar-refractivity contribution is 5.78. The maximum Gasteiger partial charge on any atom is 0.323 e. The first-order valence-corrected chi connectivity index (χ1v) is 6.61. The number of aliphatic carboxylic acids is 1.